The van der Waals surface area contributed by atoms with Gasteiger partial charge in [0.25, 0.3) is 0 Å². The number of aryl methyl sites for hydroxylation is 1. The molecule has 1 N–H and O–H groups in total. The van der Waals surface area contributed by atoms with Gasteiger partial charge in [0.15, 0.2) is 0 Å². The molecule has 1 atom stereocenters. The average Bonchev–Trinajstić information content (AvgIpc) is 2.90. The number of rotatable bonds is 6. The lowest BCUT2D eigenvalue weighted by Crippen LogP contribution is -2.22. The predicted molar refractivity (Wildman–Crippen MR) is 89.4 cm³/mol. The number of aromatic nitrogens is 1. The first kappa shape index (κ1) is 15.8. The standard InChI is InChI=1S/C16H23N3OS/c1-11-15(21-10-18-11)9-19(4)13-7-6-8-14(20-5)16(13)12(2)17-3/h6-8,10,12,17H,9H2,1-5H3. The van der Waals surface area contributed by atoms with Crippen LogP contribution in [0.2, 0.25) is 0 Å². The van der Waals surface area contributed by atoms with Crippen LogP contribution in [0.3, 0.4) is 0 Å². The van der Waals surface area contributed by atoms with E-state index in [1.807, 2.05) is 24.7 Å². The molecule has 1 aromatic heterocycles. The number of nitrogens with one attached hydrogen (secondary N) is 1. The Morgan fingerprint density at radius 1 is 1.43 bits per heavy atom. The normalized spacial score (nSPS) is 12.2. The maximum absolute atomic E-state index is 5.54. The van der Waals surface area contributed by atoms with Crippen LogP contribution in [0.4, 0.5) is 5.69 Å². The highest BCUT2D eigenvalue weighted by molar-refractivity contribution is 7.09. The summed E-state index contributed by atoms with van der Waals surface area (Å²) < 4.78 is 5.54. The van der Waals surface area contributed by atoms with Crippen molar-refractivity contribution in [2.45, 2.75) is 26.4 Å². The molecule has 21 heavy (non-hydrogen) atoms. The number of nitrogens with zero attached hydrogens (tertiary/aromatic N) is 2. The van der Waals surface area contributed by atoms with E-state index in [-0.39, 0.29) is 6.04 Å². The smallest absolute Gasteiger partial charge is 0.125 e. The van der Waals surface area contributed by atoms with Crippen LogP contribution in [-0.2, 0) is 6.54 Å². The molecule has 2 rings (SSSR count). The first-order chi connectivity index (χ1) is 10.1. The van der Waals surface area contributed by atoms with Crippen LogP contribution < -0.4 is 15.0 Å². The average molecular weight is 305 g/mol. The highest BCUT2D eigenvalue weighted by Gasteiger charge is 2.18. The van der Waals surface area contributed by atoms with Gasteiger partial charge < -0.3 is 15.0 Å². The molecule has 1 heterocycles. The summed E-state index contributed by atoms with van der Waals surface area (Å²) in [6.45, 7) is 5.06. The minimum atomic E-state index is 0.223. The third-order valence-corrected chi connectivity index (χ3v) is 4.69. The maximum atomic E-state index is 5.54. The summed E-state index contributed by atoms with van der Waals surface area (Å²) in [7, 11) is 5.80. The van der Waals surface area contributed by atoms with E-state index in [2.05, 4.69) is 42.2 Å². The van der Waals surface area contributed by atoms with E-state index in [0.29, 0.717) is 0 Å². The molecule has 0 spiro atoms. The second-order valence-electron chi connectivity index (χ2n) is 5.12. The fraction of sp³-hybridized carbons (Fsp3) is 0.438. The van der Waals surface area contributed by atoms with Crippen LogP contribution in [-0.4, -0.2) is 26.2 Å². The molecule has 2 aromatic rings. The van der Waals surface area contributed by atoms with Crippen molar-refractivity contribution in [1.29, 1.82) is 0 Å². The first-order valence-electron chi connectivity index (χ1n) is 7.02. The molecule has 0 fully saturated rings. The van der Waals surface area contributed by atoms with Crippen LogP contribution >= 0.6 is 11.3 Å². The number of methoxy groups -OCH3 is 1. The van der Waals surface area contributed by atoms with Crippen molar-refractivity contribution in [3.05, 3.63) is 39.8 Å². The molecular weight excluding hydrogens is 282 g/mol. The van der Waals surface area contributed by atoms with Gasteiger partial charge in [0.2, 0.25) is 0 Å². The van der Waals surface area contributed by atoms with Crippen LogP contribution in [0, 0.1) is 6.92 Å². The Morgan fingerprint density at radius 3 is 2.76 bits per heavy atom. The van der Waals surface area contributed by atoms with Crippen LogP contribution in [0.25, 0.3) is 0 Å². The molecule has 114 valence electrons. The topological polar surface area (TPSA) is 37.4 Å². The highest BCUT2D eigenvalue weighted by Crippen LogP contribution is 2.35. The van der Waals surface area contributed by atoms with Gasteiger partial charge in [-0.2, -0.15) is 0 Å². The molecule has 0 saturated heterocycles. The van der Waals surface area contributed by atoms with Gasteiger partial charge in [-0.05, 0) is 33.0 Å². The van der Waals surface area contributed by atoms with Crippen molar-refractivity contribution < 1.29 is 4.74 Å². The molecule has 0 aliphatic carbocycles. The summed E-state index contributed by atoms with van der Waals surface area (Å²) in [5.74, 6) is 0.919. The summed E-state index contributed by atoms with van der Waals surface area (Å²) in [5, 5.41) is 3.31. The van der Waals surface area contributed by atoms with Crippen LogP contribution in [0.5, 0.6) is 5.75 Å². The molecule has 0 amide bonds. The van der Waals surface area contributed by atoms with Crippen molar-refractivity contribution in [3.8, 4) is 5.75 Å². The molecule has 0 saturated carbocycles. The lowest BCUT2D eigenvalue weighted by molar-refractivity contribution is 0.404. The van der Waals surface area contributed by atoms with Gasteiger partial charge in [0.1, 0.15) is 5.75 Å². The molecule has 0 aliphatic rings. The van der Waals surface area contributed by atoms with Gasteiger partial charge in [-0.15, -0.1) is 11.3 Å². The predicted octanol–water partition coefficient (Wildman–Crippen LogP) is 3.38. The Bertz CT molecular complexity index is 597. The Balaban J connectivity index is 2.36. The third-order valence-electron chi connectivity index (χ3n) is 3.77. The number of thiazole rings is 1. The van der Waals surface area contributed by atoms with E-state index in [1.165, 1.54) is 16.1 Å². The number of benzene rings is 1. The van der Waals surface area contributed by atoms with Gasteiger partial charge in [-0.25, -0.2) is 4.98 Å². The zero-order valence-corrected chi connectivity index (χ0v) is 14.1. The van der Waals surface area contributed by atoms with E-state index >= 15 is 0 Å². The van der Waals surface area contributed by atoms with Crippen molar-refractivity contribution in [2.75, 3.05) is 26.1 Å². The minimum Gasteiger partial charge on any atom is -0.496 e. The quantitative estimate of drug-likeness (QED) is 0.888. The number of ether oxygens (including phenoxy) is 1. The third kappa shape index (κ3) is 3.36. The van der Waals surface area contributed by atoms with Crippen molar-refractivity contribution in [3.63, 3.8) is 0 Å². The largest absolute Gasteiger partial charge is 0.496 e. The molecule has 0 aliphatic heterocycles. The minimum absolute atomic E-state index is 0.223. The summed E-state index contributed by atoms with van der Waals surface area (Å²) in [5.41, 5.74) is 5.38. The number of hydrogen-bond donors (Lipinski definition) is 1. The van der Waals surface area contributed by atoms with E-state index in [0.717, 1.165) is 18.0 Å². The van der Waals surface area contributed by atoms with E-state index < -0.39 is 0 Å². The number of hydrogen-bond acceptors (Lipinski definition) is 5. The molecule has 1 unspecified atom stereocenters. The molecule has 0 bridgehead atoms. The van der Waals surface area contributed by atoms with Gasteiger partial charge >= 0.3 is 0 Å². The Morgan fingerprint density at radius 2 is 2.19 bits per heavy atom. The van der Waals surface area contributed by atoms with E-state index in [9.17, 15) is 0 Å². The molecule has 5 heteroatoms. The second-order valence-corrected chi connectivity index (χ2v) is 6.06. The molecule has 4 nitrogen and oxygen atoms in total. The van der Waals surface area contributed by atoms with Gasteiger partial charge in [-0.1, -0.05) is 6.07 Å². The lowest BCUT2D eigenvalue weighted by Gasteiger charge is -2.26. The summed E-state index contributed by atoms with van der Waals surface area (Å²) in [4.78, 5) is 7.88. The first-order valence-corrected chi connectivity index (χ1v) is 7.90. The second kappa shape index (κ2) is 6.91. The summed E-state index contributed by atoms with van der Waals surface area (Å²) >= 11 is 1.70. The van der Waals surface area contributed by atoms with Crippen molar-refractivity contribution in [2.24, 2.45) is 0 Å². The van der Waals surface area contributed by atoms with Gasteiger partial charge in [0, 0.05) is 29.2 Å². The maximum Gasteiger partial charge on any atom is 0.125 e. The Hall–Kier alpha value is -1.59. The van der Waals surface area contributed by atoms with Gasteiger partial charge in [-0.3, -0.25) is 0 Å². The Kier molecular flexibility index (Phi) is 5.20. The molecule has 0 radical (unpaired) electrons. The van der Waals surface area contributed by atoms with Crippen LogP contribution in [0.1, 0.15) is 29.1 Å². The van der Waals surface area contributed by atoms with Crippen molar-refractivity contribution >= 4 is 17.0 Å². The monoisotopic (exact) mass is 305 g/mol. The molecular formula is C16H23N3OS. The van der Waals surface area contributed by atoms with E-state index in [1.54, 1.807) is 18.4 Å². The molecule has 1 aromatic carbocycles. The Labute approximate surface area is 130 Å². The lowest BCUT2D eigenvalue weighted by atomic mass is 10.0. The van der Waals surface area contributed by atoms with Crippen molar-refractivity contribution in [1.82, 2.24) is 10.3 Å². The zero-order chi connectivity index (χ0) is 15.4. The highest BCUT2D eigenvalue weighted by atomic mass is 32.1. The van der Waals surface area contributed by atoms with E-state index in [4.69, 9.17) is 4.74 Å². The summed E-state index contributed by atoms with van der Waals surface area (Å²) in [6.07, 6.45) is 0. The fourth-order valence-corrected chi connectivity index (χ4v) is 3.23. The summed E-state index contributed by atoms with van der Waals surface area (Å²) in [6, 6.07) is 6.41. The number of anilines is 1. The SMILES string of the molecule is CNC(C)c1c(OC)cccc1N(C)Cc1scnc1C. The fourth-order valence-electron chi connectivity index (χ4n) is 2.40. The van der Waals surface area contributed by atoms with Gasteiger partial charge in [0.05, 0.1) is 24.9 Å². The van der Waals surface area contributed by atoms with Crippen LogP contribution in [0.15, 0.2) is 23.7 Å². The zero-order valence-electron chi connectivity index (χ0n) is 13.3.